The lowest BCUT2D eigenvalue weighted by Gasteiger charge is -2.11. The van der Waals surface area contributed by atoms with Crippen LogP contribution in [0.1, 0.15) is 11.1 Å². The highest BCUT2D eigenvalue weighted by Gasteiger charge is 2.04. The molecule has 0 saturated heterocycles. The Morgan fingerprint density at radius 1 is 1.05 bits per heavy atom. The monoisotopic (exact) mass is 263 g/mol. The van der Waals surface area contributed by atoms with Crippen molar-refractivity contribution in [2.75, 3.05) is 7.05 Å². The largest absolute Gasteiger partial charge is 0.489 e. The summed E-state index contributed by atoms with van der Waals surface area (Å²) < 4.78 is 31.7. The molecular weight excluding hydrogens is 248 g/mol. The summed E-state index contributed by atoms with van der Waals surface area (Å²) in [4.78, 5) is 0. The van der Waals surface area contributed by atoms with Crippen molar-refractivity contribution in [2.24, 2.45) is 0 Å². The van der Waals surface area contributed by atoms with Gasteiger partial charge in [-0.1, -0.05) is 18.2 Å². The molecule has 0 atom stereocenters. The van der Waals surface area contributed by atoms with Crippen LogP contribution in [0.3, 0.4) is 0 Å². The predicted molar refractivity (Wildman–Crippen MR) is 69.9 cm³/mol. The molecule has 0 spiro atoms. The van der Waals surface area contributed by atoms with Gasteiger partial charge >= 0.3 is 0 Å². The first kappa shape index (κ1) is 13.5. The second kappa shape index (κ2) is 6.29. The molecule has 19 heavy (non-hydrogen) atoms. The summed E-state index contributed by atoms with van der Waals surface area (Å²) in [5.74, 6) is -0.481. The molecule has 0 amide bonds. The third kappa shape index (κ3) is 3.76. The molecule has 0 fully saturated rings. The van der Waals surface area contributed by atoms with Crippen molar-refractivity contribution in [3.63, 3.8) is 0 Å². The zero-order valence-electron chi connectivity index (χ0n) is 10.6. The maximum absolute atomic E-state index is 13.0. The summed E-state index contributed by atoms with van der Waals surface area (Å²) in [5, 5.41) is 3.04. The van der Waals surface area contributed by atoms with Crippen LogP contribution in [-0.4, -0.2) is 7.05 Å². The molecule has 4 heteroatoms. The lowest BCUT2D eigenvalue weighted by molar-refractivity contribution is 0.301. The minimum Gasteiger partial charge on any atom is -0.489 e. The van der Waals surface area contributed by atoms with Crippen molar-refractivity contribution in [1.82, 2.24) is 5.32 Å². The van der Waals surface area contributed by atoms with E-state index >= 15 is 0 Å². The SMILES string of the molecule is CNCc1ccccc1OCc1cc(F)cc(F)c1. The second-order valence-electron chi connectivity index (χ2n) is 4.20. The maximum atomic E-state index is 13.0. The van der Waals surface area contributed by atoms with Crippen LogP contribution in [0.15, 0.2) is 42.5 Å². The van der Waals surface area contributed by atoms with Crippen LogP contribution in [0, 0.1) is 11.6 Å². The van der Waals surface area contributed by atoms with Gasteiger partial charge in [0.05, 0.1) is 0 Å². The van der Waals surface area contributed by atoms with Crippen LogP contribution < -0.4 is 10.1 Å². The number of rotatable bonds is 5. The summed E-state index contributed by atoms with van der Waals surface area (Å²) >= 11 is 0. The fourth-order valence-electron chi connectivity index (χ4n) is 1.84. The van der Waals surface area contributed by atoms with E-state index in [1.165, 1.54) is 12.1 Å². The number of ether oxygens (including phenoxy) is 1. The summed E-state index contributed by atoms with van der Waals surface area (Å²) in [6, 6.07) is 10.9. The highest BCUT2D eigenvalue weighted by molar-refractivity contribution is 5.33. The molecule has 2 aromatic carbocycles. The van der Waals surface area contributed by atoms with Gasteiger partial charge < -0.3 is 10.1 Å². The van der Waals surface area contributed by atoms with Crippen molar-refractivity contribution >= 4 is 0 Å². The number of nitrogens with one attached hydrogen (secondary N) is 1. The van der Waals surface area contributed by atoms with Gasteiger partial charge in [-0.25, -0.2) is 8.78 Å². The molecule has 0 radical (unpaired) electrons. The van der Waals surface area contributed by atoms with Gasteiger partial charge in [-0.15, -0.1) is 0 Å². The van der Waals surface area contributed by atoms with Crippen molar-refractivity contribution in [2.45, 2.75) is 13.2 Å². The van der Waals surface area contributed by atoms with Crippen molar-refractivity contribution in [3.05, 3.63) is 65.2 Å². The second-order valence-corrected chi connectivity index (χ2v) is 4.20. The minimum absolute atomic E-state index is 0.134. The van der Waals surface area contributed by atoms with Gasteiger partial charge in [0.25, 0.3) is 0 Å². The Kier molecular flexibility index (Phi) is 4.47. The van der Waals surface area contributed by atoms with E-state index in [2.05, 4.69) is 5.32 Å². The molecule has 2 aromatic rings. The van der Waals surface area contributed by atoms with E-state index in [0.29, 0.717) is 17.9 Å². The smallest absolute Gasteiger partial charge is 0.126 e. The third-order valence-electron chi connectivity index (χ3n) is 2.66. The summed E-state index contributed by atoms with van der Waals surface area (Å²) in [5.41, 5.74) is 1.47. The molecule has 0 saturated carbocycles. The van der Waals surface area contributed by atoms with E-state index in [1.807, 2.05) is 31.3 Å². The molecule has 0 unspecified atom stereocenters. The van der Waals surface area contributed by atoms with Crippen LogP contribution in [0.2, 0.25) is 0 Å². The Balaban J connectivity index is 2.09. The Bertz CT molecular complexity index is 537. The van der Waals surface area contributed by atoms with E-state index in [9.17, 15) is 8.78 Å². The van der Waals surface area contributed by atoms with Crippen molar-refractivity contribution in [3.8, 4) is 5.75 Å². The minimum atomic E-state index is -0.595. The van der Waals surface area contributed by atoms with Gasteiger partial charge in [0.15, 0.2) is 0 Å². The molecule has 0 aliphatic carbocycles. The van der Waals surface area contributed by atoms with Crippen molar-refractivity contribution < 1.29 is 13.5 Å². The van der Waals surface area contributed by atoms with E-state index in [1.54, 1.807) is 0 Å². The Labute approximate surface area is 111 Å². The number of hydrogen-bond donors (Lipinski definition) is 1. The van der Waals surface area contributed by atoms with Gasteiger partial charge in [0.1, 0.15) is 24.0 Å². The first-order valence-corrected chi connectivity index (χ1v) is 5.99. The van der Waals surface area contributed by atoms with Crippen molar-refractivity contribution in [1.29, 1.82) is 0 Å². The molecule has 0 aliphatic rings. The Morgan fingerprint density at radius 2 is 1.74 bits per heavy atom. The van der Waals surface area contributed by atoms with Gasteiger partial charge in [-0.3, -0.25) is 0 Å². The Morgan fingerprint density at radius 3 is 2.42 bits per heavy atom. The van der Waals surface area contributed by atoms with Crippen LogP contribution in [0.4, 0.5) is 8.78 Å². The maximum Gasteiger partial charge on any atom is 0.126 e. The molecule has 2 rings (SSSR count). The fraction of sp³-hybridized carbons (Fsp3) is 0.200. The van der Waals surface area contributed by atoms with E-state index in [-0.39, 0.29) is 6.61 Å². The highest BCUT2D eigenvalue weighted by atomic mass is 19.1. The quantitative estimate of drug-likeness (QED) is 0.894. The number of halogens is 2. The Hall–Kier alpha value is -1.94. The van der Waals surface area contributed by atoms with Crippen LogP contribution in [0.25, 0.3) is 0 Å². The van der Waals surface area contributed by atoms with Gasteiger partial charge in [-0.2, -0.15) is 0 Å². The molecule has 1 N–H and O–H groups in total. The summed E-state index contributed by atoms with van der Waals surface area (Å²) in [6.45, 7) is 0.809. The molecule has 0 bridgehead atoms. The van der Waals surface area contributed by atoms with E-state index < -0.39 is 11.6 Å². The van der Waals surface area contributed by atoms with Gasteiger partial charge in [0, 0.05) is 18.2 Å². The number of para-hydroxylation sites is 1. The van der Waals surface area contributed by atoms with Crippen LogP contribution in [0.5, 0.6) is 5.75 Å². The average molecular weight is 263 g/mol. The molecule has 0 aliphatic heterocycles. The van der Waals surface area contributed by atoms with Crippen LogP contribution >= 0.6 is 0 Å². The molecule has 0 heterocycles. The predicted octanol–water partition coefficient (Wildman–Crippen LogP) is 3.26. The molecule has 2 nitrogen and oxygen atoms in total. The van der Waals surface area contributed by atoms with E-state index in [4.69, 9.17) is 4.74 Å². The lowest BCUT2D eigenvalue weighted by atomic mass is 10.2. The summed E-state index contributed by atoms with van der Waals surface area (Å²) in [7, 11) is 1.85. The average Bonchev–Trinajstić information content (AvgIpc) is 2.37. The molecule has 0 aromatic heterocycles. The third-order valence-corrected chi connectivity index (χ3v) is 2.66. The van der Waals surface area contributed by atoms with Crippen LogP contribution in [-0.2, 0) is 13.2 Å². The zero-order valence-corrected chi connectivity index (χ0v) is 10.6. The topological polar surface area (TPSA) is 21.3 Å². The lowest BCUT2D eigenvalue weighted by Crippen LogP contribution is -2.07. The standard InChI is InChI=1S/C15H15F2NO/c1-18-9-12-4-2-3-5-15(12)19-10-11-6-13(16)8-14(17)7-11/h2-8,18H,9-10H2,1H3. The first-order chi connectivity index (χ1) is 9.19. The van der Waals surface area contributed by atoms with Gasteiger partial charge in [-0.05, 0) is 30.8 Å². The summed E-state index contributed by atoms with van der Waals surface area (Å²) in [6.07, 6.45) is 0. The van der Waals surface area contributed by atoms with E-state index in [0.717, 1.165) is 11.6 Å². The first-order valence-electron chi connectivity index (χ1n) is 5.99. The highest BCUT2D eigenvalue weighted by Crippen LogP contribution is 2.19. The normalized spacial score (nSPS) is 10.5. The van der Waals surface area contributed by atoms with Gasteiger partial charge in [0.2, 0.25) is 0 Å². The zero-order chi connectivity index (χ0) is 13.7. The molecule has 100 valence electrons. The number of benzene rings is 2. The molecular formula is C15H15F2NO. The fourth-order valence-corrected chi connectivity index (χ4v) is 1.84. The number of hydrogen-bond acceptors (Lipinski definition) is 2.